The Morgan fingerprint density at radius 3 is 2.33 bits per heavy atom. The third kappa shape index (κ3) is 4.06. The summed E-state index contributed by atoms with van der Waals surface area (Å²) in [6, 6.07) is 4.75. The molecule has 0 aromatic heterocycles. The summed E-state index contributed by atoms with van der Waals surface area (Å²) in [4.78, 5) is 12.3. The normalized spacial score (nSPS) is 19.0. The summed E-state index contributed by atoms with van der Waals surface area (Å²) in [5, 5.41) is 10.4. The van der Waals surface area contributed by atoms with Crippen molar-refractivity contribution in [2.24, 2.45) is 0 Å². The van der Waals surface area contributed by atoms with Crippen molar-refractivity contribution in [3.63, 3.8) is 0 Å². The Kier molecular flexibility index (Phi) is 4.71. The van der Waals surface area contributed by atoms with Gasteiger partial charge in [-0.15, -0.1) is 0 Å². The van der Waals surface area contributed by atoms with Gasteiger partial charge in [0.05, 0.1) is 5.56 Å². The molecule has 1 aliphatic carbocycles. The number of alkyl halides is 3. The van der Waals surface area contributed by atoms with Gasteiger partial charge in [0.15, 0.2) is 5.78 Å². The van der Waals surface area contributed by atoms with Crippen LogP contribution in [0.2, 0.25) is 0 Å². The maximum atomic E-state index is 12.7. The third-order valence-corrected chi connectivity index (χ3v) is 4.07. The molecule has 5 heteroatoms. The predicted molar refractivity (Wildman–Crippen MR) is 72.8 cm³/mol. The lowest BCUT2D eigenvalue weighted by molar-refractivity contribution is -0.139. The van der Waals surface area contributed by atoms with Crippen molar-refractivity contribution in [1.29, 1.82) is 0 Å². The lowest BCUT2D eigenvalue weighted by Crippen LogP contribution is -2.39. The zero-order chi connectivity index (χ0) is 15.5. The molecular formula is C16H19F3O2. The summed E-state index contributed by atoms with van der Waals surface area (Å²) in [5.41, 5.74) is -1.83. The number of carbonyl (C=O) groups is 1. The molecule has 0 bridgehead atoms. The highest BCUT2D eigenvalue weighted by Crippen LogP contribution is 2.31. The highest BCUT2D eigenvalue weighted by molar-refractivity contribution is 5.89. The van der Waals surface area contributed by atoms with Gasteiger partial charge in [-0.05, 0) is 24.5 Å². The van der Waals surface area contributed by atoms with Crippen LogP contribution in [0.3, 0.4) is 0 Å². The standard InChI is InChI=1S/C16H19F3O2/c17-16(18,19)13-7-5-6-12(10-13)11-14(20)15(21)8-3-1-2-4-9-15/h5-7,10,21H,1-4,8-9,11H2. The zero-order valence-electron chi connectivity index (χ0n) is 11.7. The molecule has 0 heterocycles. The Bertz CT molecular complexity index is 500. The number of hydrogen-bond donors (Lipinski definition) is 1. The van der Waals surface area contributed by atoms with Crippen LogP contribution in [0.25, 0.3) is 0 Å². The maximum Gasteiger partial charge on any atom is 0.416 e. The van der Waals surface area contributed by atoms with Crippen LogP contribution >= 0.6 is 0 Å². The lowest BCUT2D eigenvalue weighted by Gasteiger charge is -2.25. The number of hydrogen-bond acceptors (Lipinski definition) is 2. The lowest BCUT2D eigenvalue weighted by atomic mass is 9.86. The quantitative estimate of drug-likeness (QED) is 0.860. The first-order chi connectivity index (χ1) is 9.81. The molecule has 0 amide bonds. The van der Waals surface area contributed by atoms with Crippen molar-refractivity contribution in [3.05, 3.63) is 35.4 Å². The fraction of sp³-hybridized carbons (Fsp3) is 0.562. The van der Waals surface area contributed by atoms with E-state index in [0.29, 0.717) is 18.4 Å². The molecule has 1 saturated carbocycles. The van der Waals surface area contributed by atoms with Gasteiger partial charge < -0.3 is 5.11 Å². The van der Waals surface area contributed by atoms with Gasteiger partial charge >= 0.3 is 6.18 Å². The first-order valence-corrected chi connectivity index (χ1v) is 7.23. The minimum atomic E-state index is -4.42. The number of ketones is 1. The van der Waals surface area contributed by atoms with Crippen LogP contribution in [-0.4, -0.2) is 16.5 Å². The summed E-state index contributed by atoms with van der Waals surface area (Å²) in [6.07, 6.45) is -0.220. The molecule has 0 radical (unpaired) electrons. The topological polar surface area (TPSA) is 37.3 Å². The molecule has 1 aliphatic rings. The Morgan fingerprint density at radius 2 is 1.76 bits per heavy atom. The summed E-state index contributed by atoms with van der Waals surface area (Å²) in [6.45, 7) is 0. The molecule has 0 aliphatic heterocycles. The monoisotopic (exact) mass is 300 g/mol. The number of halogens is 3. The smallest absolute Gasteiger partial charge is 0.382 e. The minimum absolute atomic E-state index is 0.152. The molecule has 1 aromatic carbocycles. The molecular weight excluding hydrogens is 281 g/mol. The summed E-state index contributed by atoms with van der Waals surface area (Å²) < 4.78 is 38.0. The van der Waals surface area contributed by atoms with Crippen molar-refractivity contribution in [2.75, 3.05) is 0 Å². The Balaban J connectivity index is 2.12. The minimum Gasteiger partial charge on any atom is -0.382 e. The second-order valence-corrected chi connectivity index (χ2v) is 5.74. The second kappa shape index (κ2) is 6.18. The van der Waals surface area contributed by atoms with Crippen molar-refractivity contribution in [3.8, 4) is 0 Å². The SMILES string of the molecule is O=C(Cc1cccc(C(F)(F)F)c1)C1(O)CCCCCC1. The van der Waals surface area contributed by atoms with Crippen molar-refractivity contribution in [1.82, 2.24) is 0 Å². The first-order valence-electron chi connectivity index (χ1n) is 7.23. The molecule has 1 aromatic rings. The highest BCUT2D eigenvalue weighted by atomic mass is 19.4. The van der Waals surface area contributed by atoms with Gasteiger partial charge in [0, 0.05) is 6.42 Å². The Labute approximate surface area is 122 Å². The van der Waals surface area contributed by atoms with Gasteiger partial charge in [-0.2, -0.15) is 13.2 Å². The van der Waals surface area contributed by atoms with Gasteiger partial charge in [0.1, 0.15) is 5.60 Å². The Hall–Kier alpha value is -1.36. The van der Waals surface area contributed by atoms with Crippen LogP contribution in [0, 0.1) is 0 Å². The van der Waals surface area contributed by atoms with Gasteiger partial charge in [-0.3, -0.25) is 4.79 Å². The first kappa shape index (κ1) is 16.0. The van der Waals surface area contributed by atoms with E-state index in [4.69, 9.17) is 0 Å². The van der Waals surface area contributed by atoms with Crippen LogP contribution in [-0.2, 0) is 17.4 Å². The van der Waals surface area contributed by atoms with Crippen LogP contribution in [0.15, 0.2) is 24.3 Å². The zero-order valence-corrected chi connectivity index (χ0v) is 11.7. The maximum absolute atomic E-state index is 12.7. The number of aliphatic hydroxyl groups is 1. The molecule has 1 N–H and O–H groups in total. The number of rotatable bonds is 3. The molecule has 2 rings (SSSR count). The van der Waals surface area contributed by atoms with Crippen LogP contribution in [0.5, 0.6) is 0 Å². The number of Topliss-reactive ketones (excluding diaryl/α,β-unsaturated/α-hetero) is 1. The van der Waals surface area contributed by atoms with Crippen molar-refractivity contribution in [2.45, 2.75) is 56.7 Å². The van der Waals surface area contributed by atoms with E-state index < -0.39 is 17.3 Å². The largest absolute Gasteiger partial charge is 0.416 e. The van der Waals surface area contributed by atoms with Crippen LogP contribution < -0.4 is 0 Å². The van der Waals surface area contributed by atoms with Crippen LogP contribution in [0.4, 0.5) is 13.2 Å². The van der Waals surface area contributed by atoms with Crippen molar-refractivity contribution < 1.29 is 23.1 Å². The average molecular weight is 300 g/mol. The Morgan fingerprint density at radius 1 is 1.14 bits per heavy atom. The molecule has 1 fully saturated rings. The van der Waals surface area contributed by atoms with E-state index in [1.54, 1.807) is 0 Å². The summed E-state index contributed by atoms with van der Waals surface area (Å²) in [5.74, 6) is -0.372. The van der Waals surface area contributed by atoms with Crippen molar-refractivity contribution >= 4 is 5.78 Å². The van der Waals surface area contributed by atoms with E-state index in [-0.39, 0.29) is 12.2 Å². The second-order valence-electron chi connectivity index (χ2n) is 5.74. The number of benzene rings is 1. The molecule has 116 valence electrons. The van der Waals surface area contributed by atoms with Gasteiger partial charge in [-0.1, -0.05) is 43.9 Å². The van der Waals surface area contributed by atoms with E-state index in [1.807, 2.05) is 0 Å². The average Bonchev–Trinajstić information content (AvgIpc) is 2.64. The van der Waals surface area contributed by atoms with Gasteiger partial charge in [-0.25, -0.2) is 0 Å². The van der Waals surface area contributed by atoms with Gasteiger partial charge in [0.25, 0.3) is 0 Å². The number of carbonyl (C=O) groups excluding carboxylic acids is 1. The molecule has 0 spiro atoms. The molecule has 0 unspecified atom stereocenters. The van der Waals surface area contributed by atoms with E-state index >= 15 is 0 Å². The fourth-order valence-corrected chi connectivity index (χ4v) is 2.80. The molecule has 2 nitrogen and oxygen atoms in total. The van der Waals surface area contributed by atoms with E-state index in [2.05, 4.69) is 0 Å². The predicted octanol–water partition coefficient (Wildman–Crippen LogP) is 3.90. The molecule has 0 atom stereocenters. The summed E-state index contributed by atoms with van der Waals surface area (Å²) in [7, 11) is 0. The fourth-order valence-electron chi connectivity index (χ4n) is 2.80. The van der Waals surface area contributed by atoms with Gasteiger partial charge in [0.2, 0.25) is 0 Å². The molecule has 0 saturated heterocycles. The molecule has 21 heavy (non-hydrogen) atoms. The van der Waals surface area contributed by atoms with E-state index in [1.165, 1.54) is 12.1 Å². The van der Waals surface area contributed by atoms with E-state index in [0.717, 1.165) is 37.8 Å². The third-order valence-electron chi connectivity index (χ3n) is 4.07. The highest BCUT2D eigenvalue weighted by Gasteiger charge is 2.36. The van der Waals surface area contributed by atoms with E-state index in [9.17, 15) is 23.1 Å². The summed E-state index contributed by atoms with van der Waals surface area (Å²) >= 11 is 0. The van der Waals surface area contributed by atoms with Crippen LogP contribution in [0.1, 0.15) is 49.7 Å².